The predicted octanol–water partition coefficient (Wildman–Crippen LogP) is 7.59. The number of amides is 1. The first-order valence-corrected chi connectivity index (χ1v) is 17.8. The quantitative estimate of drug-likeness (QED) is 0.128. The van der Waals surface area contributed by atoms with E-state index < -0.39 is 11.9 Å². The highest BCUT2D eigenvalue weighted by Gasteiger charge is 2.27. The second-order valence-corrected chi connectivity index (χ2v) is 13.2. The monoisotopic (exact) mass is 736 g/mol. The molecule has 2 aromatic heterocycles. The van der Waals surface area contributed by atoms with Crippen molar-refractivity contribution in [2.75, 3.05) is 56.7 Å². The smallest absolute Gasteiger partial charge is 0.425 e. The maximum Gasteiger partial charge on any atom is 0.425 e. The number of nitrogens with zero attached hydrogens (tertiary/aromatic N) is 7. The Morgan fingerprint density at radius 1 is 0.981 bits per heavy atom. The van der Waals surface area contributed by atoms with E-state index in [1.807, 2.05) is 32.0 Å². The van der Waals surface area contributed by atoms with Gasteiger partial charge in [-0.1, -0.05) is 29.4 Å². The highest BCUT2D eigenvalue weighted by Crippen LogP contribution is 2.36. The number of aryl methyl sites for hydroxylation is 3. The third kappa shape index (κ3) is 9.38. The van der Waals surface area contributed by atoms with Crippen molar-refractivity contribution in [1.82, 2.24) is 29.9 Å². The van der Waals surface area contributed by atoms with E-state index in [4.69, 9.17) is 18.7 Å². The molecule has 1 aliphatic heterocycles. The van der Waals surface area contributed by atoms with E-state index in [9.17, 15) is 4.79 Å². The summed E-state index contributed by atoms with van der Waals surface area (Å²) in [6, 6.07) is 17.6. The molecule has 1 fully saturated rings. The number of benzene rings is 3. The summed E-state index contributed by atoms with van der Waals surface area (Å²) in [5.74, 6) is 1.61. The van der Waals surface area contributed by atoms with E-state index in [2.05, 4.69) is 49.1 Å². The number of halogens is 1. The molecule has 1 aliphatic rings. The first-order chi connectivity index (χ1) is 26.1. The summed E-state index contributed by atoms with van der Waals surface area (Å²) >= 11 is 0. The van der Waals surface area contributed by atoms with E-state index in [1.165, 1.54) is 24.3 Å². The number of methoxy groups -OCH3 is 1. The Kier molecular flexibility index (Phi) is 12.1. The van der Waals surface area contributed by atoms with Crippen LogP contribution in [0.1, 0.15) is 42.3 Å². The average Bonchev–Trinajstić information content (AvgIpc) is 3.58. The molecule has 54 heavy (non-hydrogen) atoms. The van der Waals surface area contributed by atoms with Gasteiger partial charge < -0.3 is 24.1 Å². The van der Waals surface area contributed by atoms with Crippen molar-refractivity contribution in [2.45, 2.75) is 40.7 Å². The number of aromatic nitrogens is 4. The molecule has 1 N–H and O–H groups in total. The second-order valence-electron chi connectivity index (χ2n) is 13.2. The molecule has 14 heteroatoms. The van der Waals surface area contributed by atoms with Gasteiger partial charge in [-0.05, 0) is 81.7 Å². The minimum atomic E-state index is -0.727. The van der Waals surface area contributed by atoms with Crippen LogP contribution in [0.15, 0.2) is 71.4 Å². The number of anilines is 4. The first kappa shape index (κ1) is 37.9. The Labute approximate surface area is 314 Å². The Morgan fingerprint density at radius 3 is 2.44 bits per heavy atom. The van der Waals surface area contributed by atoms with Crippen LogP contribution in [0.25, 0.3) is 12.2 Å². The molecule has 0 radical (unpaired) electrons. The molecule has 3 heterocycles. The van der Waals surface area contributed by atoms with Crippen molar-refractivity contribution in [3.8, 4) is 17.2 Å². The third-order valence-electron chi connectivity index (χ3n) is 9.05. The van der Waals surface area contributed by atoms with Crippen LogP contribution in [0.5, 0.6) is 17.2 Å². The largest absolute Gasteiger partial charge is 0.495 e. The topological polar surface area (TPSA) is 131 Å². The summed E-state index contributed by atoms with van der Waals surface area (Å²) in [5, 5.41) is 6.86. The van der Waals surface area contributed by atoms with Crippen LogP contribution in [-0.2, 0) is 0 Å². The molecule has 6 rings (SSSR count). The molecule has 1 saturated heterocycles. The lowest BCUT2D eigenvalue weighted by atomic mass is 10.1. The van der Waals surface area contributed by atoms with Gasteiger partial charge in [0.25, 0.3) is 5.89 Å². The van der Waals surface area contributed by atoms with Crippen LogP contribution >= 0.6 is 0 Å². The maximum absolute atomic E-state index is 15.2. The summed E-state index contributed by atoms with van der Waals surface area (Å²) in [5.41, 5.74) is 3.08. The van der Waals surface area contributed by atoms with Crippen LogP contribution in [-0.4, -0.2) is 88.5 Å². The van der Waals surface area contributed by atoms with E-state index in [-0.39, 0.29) is 17.5 Å². The zero-order chi connectivity index (χ0) is 38.2. The lowest BCUT2D eigenvalue weighted by molar-refractivity contribution is 0.0965. The SMILES string of the molecule is COc1cc(/C=C/c2nc(C)no2)ccc1N(C(=O)Oc1c(C)cccc1C)c1ccnc(Nc2ccc(OCCN3CCN(C(C)C)CC3)c(F)c2)n1. The number of carbonyl (C=O) groups excluding carboxylic acids is 1. The molecular formula is C40H45FN8O5. The molecule has 0 saturated carbocycles. The van der Waals surface area contributed by atoms with Crippen molar-refractivity contribution in [3.05, 3.63) is 101 Å². The average molecular weight is 737 g/mol. The first-order valence-electron chi connectivity index (χ1n) is 17.8. The van der Waals surface area contributed by atoms with E-state index in [0.717, 1.165) is 49.4 Å². The standard InChI is InChI=1S/C40H45FN8O5/c1-26(2)48-20-18-47(19-21-48)22-23-52-34-14-12-31(25-32(34)41)44-39-42-17-16-36(45-39)49(40(50)53-38-27(3)8-7-9-28(38)4)33-13-10-30(24-35(33)51-6)11-15-37-43-29(5)46-54-37/h7-17,24-26H,18-23H2,1-6H3,(H,42,44,45)/b15-11+. The molecule has 0 unspecified atom stereocenters. The van der Waals surface area contributed by atoms with Crippen molar-refractivity contribution in [2.24, 2.45) is 0 Å². The van der Waals surface area contributed by atoms with Gasteiger partial charge in [0.15, 0.2) is 17.4 Å². The van der Waals surface area contributed by atoms with Crippen LogP contribution in [0, 0.1) is 26.6 Å². The lowest BCUT2D eigenvalue weighted by Crippen LogP contribution is -2.49. The number of carbonyl (C=O) groups is 1. The molecule has 0 atom stereocenters. The molecule has 0 aliphatic carbocycles. The number of hydrogen-bond donors (Lipinski definition) is 1. The van der Waals surface area contributed by atoms with Crippen LogP contribution in [0.2, 0.25) is 0 Å². The summed E-state index contributed by atoms with van der Waals surface area (Å²) < 4.78 is 38.0. The van der Waals surface area contributed by atoms with Crippen LogP contribution < -0.4 is 24.4 Å². The second kappa shape index (κ2) is 17.3. The van der Waals surface area contributed by atoms with Gasteiger partial charge in [-0.15, -0.1) is 0 Å². The zero-order valence-electron chi connectivity index (χ0n) is 31.4. The summed E-state index contributed by atoms with van der Waals surface area (Å²) in [7, 11) is 1.51. The summed E-state index contributed by atoms with van der Waals surface area (Å²) in [6.07, 6.45) is 4.24. The summed E-state index contributed by atoms with van der Waals surface area (Å²) in [6.45, 7) is 14.9. The number of ether oxygens (including phenoxy) is 3. The highest BCUT2D eigenvalue weighted by molar-refractivity contribution is 5.98. The number of hydrogen-bond acceptors (Lipinski definition) is 12. The van der Waals surface area contributed by atoms with Gasteiger partial charge in [0.1, 0.15) is 23.9 Å². The van der Waals surface area contributed by atoms with Gasteiger partial charge >= 0.3 is 6.09 Å². The number of para-hydroxylation sites is 1. The van der Waals surface area contributed by atoms with Crippen molar-refractivity contribution < 1.29 is 27.9 Å². The normalized spacial score (nSPS) is 13.7. The number of nitrogens with one attached hydrogen (secondary N) is 1. The predicted molar refractivity (Wildman–Crippen MR) is 205 cm³/mol. The van der Waals surface area contributed by atoms with E-state index in [1.54, 1.807) is 55.5 Å². The van der Waals surface area contributed by atoms with Gasteiger partial charge in [-0.25, -0.2) is 19.1 Å². The zero-order valence-corrected chi connectivity index (χ0v) is 31.4. The molecule has 282 valence electrons. The molecule has 1 amide bonds. The van der Waals surface area contributed by atoms with Gasteiger partial charge in [0, 0.05) is 68.9 Å². The molecule has 3 aromatic carbocycles. The fraction of sp³-hybridized carbons (Fsp3) is 0.325. The fourth-order valence-electron chi connectivity index (χ4n) is 6.09. The van der Waals surface area contributed by atoms with E-state index in [0.29, 0.717) is 47.2 Å². The minimum absolute atomic E-state index is 0.124. The van der Waals surface area contributed by atoms with Crippen molar-refractivity contribution in [3.63, 3.8) is 0 Å². The molecular weight excluding hydrogens is 691 g/mol. The fourth-order valence-corrected chi connectivity index (χ4v) is 6.09. The Hall–Kier alpha value is -5.86. The molecule has 13 nitrogen and oxygen atoms in total. The van der Waals surface area contributed by atoms with E-state index >= 15 is 4.39 Å². The summed E-state index contributed by atoms with van der Waals surface area (Å²) in [4.78, 5) is 33.4. The van der Waals surface area contributed by atoms with Gasteiger partial charge in [0.05, 0.1) is 12.8 Å². The van der Waals surface area contributed by atoms with Crippen molar-refractivity contribution in [1.29, 1.82) is 0 Å². The number of rotatable bonds is 13. The third-order valence-corrected chi connectivity index (χ3v) is 9.05. The van der Waals surface area contributed by atoms with Gasteiger partial charge in [-0.3, -0.25) is 9.80 Å². The minimum Gasteiger partial charge on any atom is -0.495 e. The van der Waals surface area contributed by atoms with Gasteiger partial charge in [-0.2, -0.15) is 9.97 Å². The Bertz CT molecular complexity index is 2080. The Balaban J connectivity index is 1.21. The van der Waals surface area contributed by atoms with Gasteiger partial charge in [0.2, 0.25) is 5.95 Å². The lowest BCUT2D eigenvalue weighted by Gasteiger charge is -2.36. The number of piperazine rings is 1. The highest BCUT2D eigenvalue weighted by atomic mass is 19.1. The molecule has 0 spiro atoms. The van der Waals surface area contributed by atoms with Crippen LogP contribution in [0.3, 0.4) is 0 Å². The maximum atomic E-state index is 15.2. The molecule has 0 bridgehead atoms. The van der Waals surface area contributed by atoms with Crippen LogP contribution in [0.4, 0.5) is 32.3 Å². The van der Waals surface area contributed by atoms with Crippen molar-refractivity contribution >= 4 is 41.4 Å². The molecule has 5 aromatic rings. The Morgan fingerprint density at radius 2 is 1.76 bits per heavy atom.